The molecule has 29 heavy (non-hydrogen) atoms. The summed E-state index contributed by atoms with van der Waals surface area (Å²) in [5, 5.41) is 20.1. The van der Waals surface area contributed by atoms with Crippen molar-refractivity contribution in [2.24, 2.45) is 0 Å². The number of carbonyl (C=O) groups is 3. The Morgan fingerprint density at radius 1 is 0.621 bits per heavy atom. The predicted octanol–water partition coefficient (Wildman–Crippen LogP) is 3.19. The maximum absolute atomic E-state index is 12.0. The number of hydrogen-bond donors (Lipinski definition) is 5. The fourth-order valence-electron chi connectivity index (χ4n) is 2.36. The number of para-hydroxylation sites is 3. The number of anilines is 3. The van der Waals surface area contributed by atoms with Crippen LogP contribution < -0.4 is 16.8 Å². The lowest BCUT2D eigenvalue weighted by Crippen LogP contribution is -2.16. The van der Waals surface area contributed by atoms with Crippen LogP contribution in [0.1, 0.15) is 31.1 Å². The lowest BCUT2D eigenvalue weighted by molar-refractivity contribution is 0.0687. The number of carbonyl (C=O) groups excluding carboxylic acids is 1. The number of hydrogen-bond acceptors (Lipinski definition) is 5. The van der Waals surface area contributed by atoms with Gasteiger partial charge in [0.15, 0.2) is 0 Å². The van der Waals surface area contributed by atoms with E-state index in [2.05, 4.69) is 5.32 Å². The first-order valence-corrected chi connectivity index (χ1v) is 8.37. The van der Waals surface area contributed by atoms with Crippen LogP contribution in [0.5, 0.6) is 0 Å². The molecular formula is C21H19N3O5. The molecule has 3 aromatic rings. The van der Waals surface area contributed by atoms with Crippen molar-refractivity contribution >= 4 is 34.9 Å². The molecule has 0 spiro atoms. The van der Waals surface area contributed by atoms with Gasteiger partial charge in [-0.25, -0.2) is 9.59 Å². The van der Waals surface area contributed by atoms with Gasteiger partial charge in [-0.05, 0) is 36.4 Å². The Kier molecular flexibility index (Phi) is 6.92. The topological polar surface area (TPSA) is 156 Å². The molecule has 0 aliphatic rings. The molecule has 3 rings (SSSR count). The van der Waals surface area contributed by atoms with Gasteiger partial charge in [0.05, 0.1) is 22.4 Å². The van der Waals surface area contributed by atoms with Crippen molar-refractivity contribution in [3.8, 4) is 0 Å². The minimum atomic E-state index is -1.10. The fourth-order valence-corrected chi connectivity index (χ4v) is 2.36. The van der Waals surface area contributed by atoms with E-state index in [0.29, 0.717) is 16.9 Å². The molecule has 3 aromatic carbocycles. The first-order chi connectivity index (χ1) is 13.8. The van der Waals surface area contributed by atoms with Gasteiger partial charge in [0.25, 0.3) is 5.91 Å². The van der Waals surface area contributed by atoms with Crippen LogP contribution in [0.2, 0.25) is 0 Å². The van der Waals surface area contributed by atoms with E-state index in [1.165, 1.54) is 18.2 Å². The van der Waals surface area contributed by atoms with Gasteiger partial charge in [0.2, 0.25) is 0 Å². The zero-order chi connectivity index (χ0) is 21.4. The number of carboxylic acids is 2. The highest BCUT2D eigenvalue weighted by atomic mass is 16.4. The molecule has 0 heterocycles. The number of nitrogen functional groups attached to an aromatic ring is 2. The van der Waals surface area contributed by atoms with E-state index in [0.717, 1.165) is 0 Å². The van der Waals surface area contributed by atoms with Gasteiger partial charge in [0.1, 0.15) is 0 Å². The monoisotopic (exact) mass is 393 g/mol. The van der Waals surface area contributed by atoms with Crippen LogP contribution in [0.15, 0.2) is 72.8 Å². The van der Waals surface area contributed by atoms with Crippen LogP contribution in [0, 0.1) is 0 Å². The van der Waals surface area contributed by atoms with E-state index in [1.54, 1.807) is 54.6 Å². The molecule has 0 saturated heterocycles. The zero-order valence-corrected chi connectivity index (χ0v) is 15.2. The molecule has 148 valence electrons. The summed E-state index contributed by atoms with van der Waals surface area (Å²) < 4.78 is 0. The van der Waals surface area contributed by atoms with Gasteiger partial charge >= 0.3 is 11.9 Å². The molecule has 0 aromatic heterocycles. The summed E-state index contributed by atoms with van der Waals surface area (Å²) in [5.41, 5.74) is 12.4. The summed E-state index contributed by atoms with van der Waals surface area (Å²) in [6, 6.07) is 19.2. The maximum atomic E-state index is 12.0. The van der Waals surface area contributed by atoms with Crippen LogP contribution in [-0.2, 0) is 0 Å². The molecule has 1 amide bonds. The van der Waals surface area contributed by atoms with Crippen LogP contribution in [0.3, 0.4) is 0 Å². The molecule has 8 nitrogen and oxygen atoms in total. The Morgan fingerprint density at radius 3 is 1.48 bits per heavy atom. The summed E-state index contributed by atoms with van der Waals surface area (Å²) in [4.78, 5) is 33.4. The molecule has 0 radical (unpaired) electrons. The van der Waals surface area contributed by atoms with Crippen LogP contribution in [0.4, 0.5) is 17.1 Å². The smallest absolute Gasteiger partial charge is 0.337 e. The Hall–Kier alpha value is -4.33. The summed E-state index contributed by atoms with van der Waals surface area (Å²) in [6.45, 7) is 0. The van der Waals surface area contributed by atoms with Gasteiger partial charge in [-0.3, -0.25) is 4.79 Å². The second kappa shape index (κ2) is 9.56. The zero-order valence-electron chi connectivity index (χ0n) is 15.2. The Bertz CT molecular complexity index is 1050. The number of carboxylic acid groups (broad SMARTS) is 2. The number of benzene rings is 3. The van der Waals surface area contributed by atoms with E-state index in [4.69, 9.17) is 21.7 Å². The van der Waals surface area contributed by atoms with Gasteiger partial charge in [-0.1, -0.05) is 36.4 Å². The SMILES string of the molecule is Nc1ccccc1C(=O)Nc1ccccc1C(=O)O.Nc1ccccc1C(=O)O. The number of aromatic carboxylic acids is 2. The Morgan fingerprint density at radius 2 is 1.03 bits per heavy atom. The first-order valence-electron chi connectivity index (χ1n) is 8.37. The standard InChI is InChI=1S/C14H12N2O3.C7H7NO2/c15-11-7-3-1-5-9(11)13(17)16-12-8-4-2-6-10(12)14(18)19;8-6-4-2-1-3-5(6)7(9)10/h1-8H,15H2,(H,16,17)(H,18,19);1-4H,8H2,(H,9,10). The van der Waals surface area contributed by atoms with E-state index >= 15 is 0 Å². The molecule has 0 unspecified atom stereocenters. The largest absolute Gasteiger partial charge is 0.478 e. The average molecular weight is 393 g/mol. The molecule has 0 saturated carbocycles. The first kappa shape index (κ1) is 21.0. The average Bonchev–Trinajstić information content (AvgIpc) is 2.69. The summed E-state index contributed by atoms with van der Waals surface area (Å²) >= 11 is 0. The van der Waals surface area contributed by atoms with Crippen LogP contribution in [0.25, 0.3) is 0 Å². The predicted molar refractivity (Wildman–Crippen MR) is 110 cm³/mol. The van der Waals surface area contributed by atoms with Crippen molar-refractivity contribution in [2.75, 3.05) is 16.8 Å². The third kappa shape index (κ3) is 5.57. The highest BCUT2D eigenvalue weighted by Gasteiger charge is 2.14. The van der Waals surface area contributed by atoms with Gasteiger partial charge in [-0.2, -0.15) is 0 Å². The van der Waals surface area contributed by atoms with Gasteiger partial charge in [0, 0.05) is 11.4 Å². The molecule has 7 N–H and O–H groups in total. The van der Waals surface area contributed by atoms with Crippen molar-refractivity contribution in [3.05, 3.63) is 89.5 Å². The van der Waals surface area contributed by atoms with E-state index in [1.807, 2.05) is 0 Å². The van der Waals surface area contributed by atoms with Crippen molar-refractivity contribution < 1.29 is 24.6 Å². The summed E-state index contributed by atoms with van der Waals surface area (Å²) in [6.07, 6.45) is 0. The highest BCUT2D eigenvalue weighted by molar-refractivity contribution is 6.10. The quantitative estimate of drug-likeness (QED) is 0.426. The summed E-state index contributed by atoms with van der Waals surface area (Å²) in [5.74, 6) is -2.53. The Balaban J connectivity index is 0.000000253. The molecular weight excluding hydrogens is 374 g/mol. The van der Waals surface area contributed by atoms with Gasteiger partial charge < -0.3 is 27.0 Å². The second-order valence-electron chi connectivity index (χ2n) is 5.78. The lowest BCUT2D eigenvalue weighted by Gasteiger charge is -2.09. The number of rotatable bonds is 4. The van der Waals surface area contributed by atoms with Crippen molar-refractivity contribution in [3.63, 3.8) is 0 Å². The molecule has 8 heteroatoms. The summed E-state index contributed by atoms with van der Waals surface area (Å²) in [7, 11) is 0. The second-order valence-corrected chi connectivity index (χ2v) is 5.78. The van der Waals surface area contributed by atoms with Crippen molar-refractivity contribution in [1.82, 2.24) is 0 Å². The van der Waals surface area contributed by atoms with E-state index < -0.39 is 17.8 Å². The van der Waals surface area contributed by atoms with Crippen LogP contribution in [-0.4, -0.2) is 28.1 Å². The number of amides is 1. The van der Waals surface area contributed by atoms with Crippen LogP contribution >= 0.6 is 0 Å². The lowest BCUT2D eigenvalue weighted by atomic mass is 10.1. The molecule has 0 bridgehead atoms. The third-order valence-corrected chi connectivity index (χ3v) is 3.80. The number of nitrogens with two attached hydrogens (primary N) is 2. The molecule has 0 aliphatic carbocycles. The van der Waals surface area contributed by atoms with Crippen molar-refractivity contribution in [1.29, 1.82) is 0 Å². The van der Waals surface area contributed by atoms with Crippen molar-refractivity contribution in [2.45, 2.75) is 0 Å². The van der Waals surface area contributed by atoms with E-state index in [9.17, 15) is 14.4 Å². The molecule has 0 aliphatic heterocycles. The third-order valence-electron chi connectivity index (χ3n) is 3.80. The molecule has 0 fully saturated rings. The normalized spacial score (nSPS) is 9.66. The maximum Gasteiger partial charge on any atom is 0.337 e. The molecule has 0 atom stereocenters. The highest BCUT2D eigenvalue weighted by Crippen LogP contribution is 2.18. The van der Waals surface area contributed by atoms with E-state index in [-0.39, 0.29) is 16.8 Å². The van der Waals surface area contributed by atoms with Gasteiger partial charge in [-0.15, -0.1) is 0 Å². The number of nitrogens with one attached hydrogen (secondary N) is 1. The Labute approximate surface area is 166 Å². The minimum absolute atomic E-state index is 0.0327. The fraction of sp³-hybridized carbons (Fsp3) is 0. The minimum Gasteiger partial charge on any atom is -0.478 e.